The van der Waals surface area contributed by atoms with Gasteiger partial charge in [0.15, 0.2) is 23.2 Å². The van der Waals surface area contributed by atoms with Crippen LogP contribution < -0.4 is 0 Å². The fourth-order valence-electron chi connectivity index (χ4n) is 0.892. The molecule has 0 amide bonds. The molecule has 11 heavy (non-hydrogen) atoms. The number of hydrogen-bond acceptors (Lipinski definition) is 3. The SMILES string of the molecule is Oc1c(Cl)ccc2ocnc12. The summed E-state index contributed by atoms with van der Waals surface area (Å²) in [4.78, 5) is 3.78. The summed E-state index contributed by atoms with van der Waals surface area (Å²) in [6.07, 6.45) is 1.26. The highest BCUT2D eigenvalue weighted by atomic mass is 35.5. The highest BCUT2D eigenvalue weighted by Gasteiger charge is 2.06. The van der Waals surface area contributed by atoms with Gasteiger partial charge in [0.1, 0.15) is 0 Å². The number of phenolic OH excluding ortho intramolecular Hbond substituents is 1. The molecule has 0 saturated heterocycles. The lowest BCUT2D eigenvalue weighted by Gasteiger charge is -1.93. The number of aromatic nitrogens is 1. The first-order chi connectivity index (χ1) is 5.29. The molecule has 0 fully saturated rings. The first-order valence-corrected chi connectivity index (χ1v) is 3.37. The standard InChI is InChI=1S/C7H4ClNO2/c8-4-1-2-5-6(7(4)10)9-3-11-5/h1-3,10H. The van der Waals surface area contributed by atoms with Crippen LogP contribution in [0.2, 0.25) is 5.02 Å². The largest absolute Gasteiger partial charge is 0.504 e. The quantitative estimate of drug-likeness (QED) is 0.658. The number of oxazole rings is 1. The van der Waals surface area contributed by atoms with E-state index < -0.39 is 0 Å². The van der Waals surface area contributed by atoms with Crippen molar-refractivity contribution < 1.29 is 9.52 Å². The van der Waals surface area contributed by atoms with Gasteiger partial charge in [0.2, 0.25) is 0 Å². The molecule has 1 aromatic heterocycles. The van der Waals surface area contributed by atoms with Gasteiger partial charge in [-0.15, -0.1) is 0 Å². The first-order valence-electron chi connectivity index (χ1n) is 2.99. The molecule has 0 aliphatic heterocycles. The number of halogens is 1. The maximum atomic E-state index is 9.29. The van der Waals surface area contributed by atoms with Crippen molar-refractivity contribution in [3.05, 3.63) is 23.5 Å². The molecule has 56 valence electrons. The average molecular weight is 170 g/mol. The van der Waals surface area contributed by atoms with Gasteiger partial charge < -0.3 is 9.52 Å². The summed E-state index contributed by atoms with van der Waals surface area (Å²) in [5, 5.41) is 9.58. The fourth-order valence-corrected chi connectivity index (χ4v) is 1.04. The Bertz CT molecular complexity index is 396. The molecule has 2 aromatic rings. The molecule has 2 rings (SSSR count). The fraction of sp³-hybridized carbons (Fsp3) is 0. The van der Waals surface area contributed by atoms with Gasteiger partial charge in [0.25, 0.3) is 0 Å². The van der Waals surface area contributed by atoms with Gasteiger partial charge >= 0.3 is 0 Å². The zero-order chi connectivity index (χ0) is 7.84. The third kappa shape index (κ3) is 0.851. The van der Waals surface area contributed by atoms with Crippen LogP contribution in [0.5, 0.6) is 5.75 Å². The Morgan fingerprint density at radius 3 is 3.09 bits per heavy atom. The number of fused-ring (bicyclic) bond motifs is 1. The van der Waals surface area contributed by atoms with Gasteiger partial charge in [-0.2, -0.15) is 0 Å². The van der Waals surface area contributed by atoms with Crippen LogP contribution in [0.15, 0.2) is 22.9 Å². The van der Waals surface area contributed by atoms with Gasteiger partial charge in [0.05, 0.1) is 5.02 Å². The van der Waals surface area contributed by atoms with E-state index in [0.717, 1.165) is 0 Å². The van der Waals surface area contributed by atoms with Gasteiger partial charge in [-0.05, 0) is 12.1 Å². The second-order valence-electron chi connectivity index (χ2n) is 2.10. The highest BCUT2D eigenvalue weighted by Crippen LogP contribution is 2.30. The number of nitrogens with zero attached hydrogens (tertiary/aromatic N) is 1. The van der Waals surface area contributed by atoms with Crippen LogP contribution in [-0.2, 0) is 0 Å². The van der Waals surface area contributed by atoms with E-state index in [2.05, 4.69) is 4.98 Å². The highest BCUT2D eigenvalue weighted by molar-refractivity contribution is 6.33. The van der Waals surface area contributed by atoms with Crippen LogP contribution in [0.4, 0.5) is 0 Å². The average Bonchev–Trinajstić information content (AvgIpc) is 2.45. The molecule has 1 heterocycles. The number of phenols is 1. The maximum absolute atomic E-state index is 9.29. The monoisotopic (exact) mass is 169 g/mol. The van der Waals surface area contributed by atoms with Crippen LogP contribution in [-0.4, -0.2) is 10.1 Å². The van der Waals surface area contributed by atoms with Gasteiger partial charge in [-0.25, -0.2) is 4.98 Å². The van der Waals surface area contributed by atoms with Gasteiger partial charge in [0, 0.05) is 0 Å². The molecule has 0 unspecified atom stereocenters. The van der Waals surface area contributed by atoms with Crippen LogP contribution in [0.3, 0.4) is 0 Å². The number of hydrogen-bond donors (Lipinski definition) is 1. The normalized spacial score (nSPS) is 10.6. The summed E-state index contributed by atoms with van der Waals surface area (Å²) >= 11 is 5.61. The lowest BCUT2D eigenvalue weighted by atomic mass is 10.3. The number of benzene rings is 1. The summed E-state index contributed by atoms with van der Waals surface area (Å²) in [5.74, 6) is -0.0297. The Kier molecular flexibility index (Phi) is 1.26. The molecular formula is C7H4ClNO2. The minimum atomic E-state index is -0.0297. The molecule has 0 aliphatic rings. The number of rotatable bonds is 0. The summed E-state index contributed by atoms with van der Waals surface area (Å²) in [5.41, 5.74) is 0.935. The minimum Gasteiger partial charge on any atom is -0.504 e. The first kappa shape index (κ1) is 6.49. The van der Waals surface area contributed by atoms with Crippen LogP contribution in [0.25, 0.3) is 11.1 Å². The smallest absolute Gasteiger partial charge is 0.182 e. The molecular weight excluding hydrogens is 166 g/mol. The Morgan fingerprint density at radius 2 is 2.27 bits per heavy atom. The predicted octanol–water partition coefficient (Wildman–Crippen LogP) is 2.19. The van der Waals surface area contributed by atoms with Crippen molar-refractivity contribution in [2.75, 3.05) is 0 Å². The van der Waals surface area contributed by atoms with Crippen molar-refractivity contribution in [1.29, 1.82) is 0 Å². The zero-order valence-corrected chi connectivity index (χ0v) is 6.17. The van der Waals surface area contributed by atoms with Gasteiger partial charge in [-0.1, -0.05) is 11.6 Å². The van der Waals surface area contributed by atoms with Crippen molar-refractivity contribution in [3.63, 3.8) is 0 Å². The predicted molar refractivity (Wildman–Crippen MR) is 40.7 cm³/mol. The summed E-state index contributed by atoms with van der Waals surface area (Å²) < 4.78 is 4.92. The molecule has 1 aromatic carbocycles. The lowest BCUT2D eigenvalue weighted by molar-refractivity contribution is 0.480. The molecule has 0 spiro atoms. The molecule has 4 heteroatoms. The van der Waals surface area contributed by atoms with E-state index in [0.29, 0.717) is 11.1 Å². The molecule has 0 atom stereocenters. The zero-order valence-electron chi connectivity index (χ0n) is 5.41. The van der Waals surface area contributed by atoms with E-state index in [-0.39, 0.29) is 10.8 Å². The minimum absolute atomic E-state index is 0.0297. The van der Waals surface area contributed by atoms with Gasteiger partial charge in [-0.3, -0.25) is 0 Å². The van der Waals surface area contributed by atoms with Crippen LogP contribution in [0, 0.1) is 0 Å². The lowest BCUT2D eigenvalue weighted by Crippen LogP contribution is -1.71. The Hall–Kier alpha value is -1.22. The molecule has 0 saturated carbocycles. The van der Waals surface area contributed by atoms with Crippen LogP contribution in [0.1, 0.15) is 0 Å². The summed E-state index contributed by atoms with van der Waals surface area (Å²) in [6.45, 7) is 0. The van der Waals surface area contributed by atoms with Crippen molar-refractivity contribution in [3.8, 4) is 5.75 Å². The molecule has 0 aliphatic carbocycles. The maximum Gasteiger partial charge on any atom is 0.182 e. The third-order valence-corrected chi connectivity index (χ3v) is 1.73. The topological polar surface area (TPSA) is 46.3 Å². The Labute approximate surface area is 67.2 Å². The molecule has 0 radical (unpaired) electrons. The number of aromatic hydroxyl groups is 1. The van der Waals surface area contributed by atoms with Crippen LogP contribution >= 0.6 is 11.6 Å². The van der Waals surface area contributed by atoms with Crippen molar-refractivity contribution in [1.82, 2.24) is 4.98 Å². The second kappa shape index (κ2) is 2.13. The van der Waals surface area contributed by atoms with E-state index in [1.54, 1.807) is 12.1 Å². The molecule has 0 bridgehead atoms. The van der Waals surface area contributed by atoms with E-state index in [9.17, 15) is 5.11 Å². The van der Waals surface area contributed by atoms with E-state index >= 15 is 0 Å². The van der Waals surface area contributed by atoms with Crippen molar-refractivity contribution >= 4 is 22.7 Å². The van der Waals surface area contributed by atoms with Crippen molar-refractivity contribution in [2.24, 2.45) is 0 Å². The van der Waals surface area contributed by atoms with E-state index in [1.165, 1.54) is 6.39 Å². The Morgan fingerprint density at radius 1 is 1.45 bits per heavy atom. The summed E-state index contributed by atoms with van der Waals surface area (Å²) in [6, 6.07) is 3.22. The van der Waals surface area contributed by atoms with Crippen molar-refractivity contribution in [2.45, 2.75) is 0 Å². The van der Waals surface area contributed by atoms with E-state index in [4.69, 9.17) is 16.0 Å². The van der Waals surface area contributed by atoms with E-state index in [1.807, 2.05) is 0 Å². The summed E-state index contributed by atoms with van der Waals surface area (Å²) in [7, 11) is 0. The molecule has 3 nitrogen and oxygen atoms in total. The second-order valence-corrected chi connectivity index (χ2v) is 2.50. The third-order valence-electron chi connectivity index (χ3n) is 1.43. The molecule has 1 N–H and O–H groups in total. The Balaban J connectivity index is 2.93.